The van der Waals surface area contributed by atoms with Crippen LogP contribution in [0.15, 0.2) is 0 Å². The highest BCUT2D eigenvalue weighted by Gasteiger charge is 2.20. The van der Waals surface area contributed by atoms with E-state index in [0.29, 0.717) is 12.8 Å². The fourth-order valence-electron chi connectivity index (χ4n) is 0.342. The zero-order valence-corrected chi connectivity index (χ0v) is 5.42. The Morgan fingerprint density at radius 3 is 2.00 bits per heavy atom. The molecule has 54 valence electrons. The first-order chi connectivity index (χ1) is 4.68. The predicted molar refractivity (Wildman–Crippen MR) is 32.4 cm³/mol. The summed E-state index contributed by atoms with van der Waals surface area (Å²) in [6.45, 7) is 1.37. The van der Waals surface area contributed by atoms with E-state index in [2.05, 4.69) is 10.6 Å². The fourth-order valence-corrected chi connectivity index (χ4v) is 0.342. The van der Waals surface area contributed by atoms with Crippen molar-refractivity contribution in [3.05, 3.63) is 0 Å². The molecule has 0 saturated heterocycles. The van der Waals surface area contributed by atoms with Crippen molar-refractivity contribution < 1.29 is 9.59 Å². The molecule has 10 heavy (non-hydrogen) atoms. The highest BCUT2D eigenvalue weighted by atomic mass is 16.1. The van der Waals surface area contributed by atoms with Gasteiger partial charge in [0.1, 0.15) is 6.07 Å². The van der Waals surface area contributed by atoms with Crippen molar-refractivity contribution in [3.63, 3.8) is 0 Å². The number of rotatable bonds is 4. The van der Waals surface area contributed by atoms with E-state index in [9.17, 15) is 9.59 Å². The van der Waals surface area contributed by atoms with Crippen LogP contribution in [0.4, 0.5) is 0 Å². The van der Waals surface area contributed by atoms with Gasteiger partial charge in [0, 0.05) is 0 Å². The van der Waals surface area contributed by atoms with E-state index in [0.717, 1.165) is 0 Å². The van der Waals surface area contributed by atoms with Crippen LogP contribution >= 0.6 is 0 Å². The van der Waals surface area contributed by atoms with Gasteiger partial charge in [-0.15, -0.1) is 0 Å². The minimum Gasteiger partial charge on any atom is -0.324 e. The Labute approximate surface area is 58.0 Å². The maximum absolute atomic E-state index is 9.84. The second-order valence-corrected chi connectivity index (χ2v) is 1.76. The molecule has 5 heteroatoms. The molecule has 0 aliphatic carbocycles. The first-order valence-corrected chi connectivity index (χ1v) is 2.52. The van der Waals surface area contributed by atoms with Gasteiger partial charge in [-0.3, -0.25) is 9.59 Å². The zero-order valence-electron chi connectivity index (χ0n) is 5.42. The summed E-state index contributed by atoms with van der Waals surface area (Å²) in [6, 6.07) is 1.70. The van der Waals surface area contributed by atoms with Crippen molar-refractivity contribution in [2.24, 2.45) is 0 Å². The molecule has 5 nitrogen and oxygen atoms in total. The van der Waals surface area contributed by atoms with Crippen LogP contribution in [-0.2, 0) is 9.59 Å². The monoisotopic (exact) mass is 141 g/mol. The van der Waals surface area contributed by atoms with Gasteiger partial charge in [-0.05, 0) is 6.92 Å². The maximum atomic E-state index is 9.84. The minimum absolute atomic E-state index is 0.347. The van der Waals surface area contributed by atoms with Gasteiger partial charge < -0.3 is 10.6 Å². The van der Waals surface area contributed by atoms with E-state index in [-0.39, 0.29) is 0 Å². The van der Waals surface area contributed by atoms with E-state index in [1.54, 1.807) is 6.07 Å². The lowest BCUT2D eigenvalue weighted by Gasteiger charge is -2.18. The third-order valence-electron chi connectivity index (χ3n) is 0.919. The normalized spacial score (nSPS) is 9.20. The Hall–Kier alpha value is -1.57. The second kappa shape index (κ2) is 3.45. The molecule has 0 aromatic rings. The summed E-state index contributed by atoms with van der Waals surface area (Å²) in [5, 5.41) is 12.6. The number of hydrogen-bond acceptors (Lipinski definition) is 3. The van der Waals surface area contributed by atoms with Gasteiger partial charge in [0.05, 0.1) is 0 Å². The summed E-state index contributed by atoms with van der Waals surface area (Å²) in [6.07, 6.45) is 0.694. The van der Waals surface area contributed by atoms with Gasteiger partial charge in [-0.2, -0.15) is 5.26 Å². The van der Waals surface area contributed by atoms with Gasteiger partial charge in [0.15, 0.2) is 5.66 Å². The van der Waals surface area contributed by atoms with Crippen molar-refractivity contribution in [3.8, 4) is 6.07 Å². The summed E-state index contributed by atoms with van der Waals surface area (Å²) in [5.74, 6) is 0. The molecule has 0 atom stereocenters. The van der Waals surface area contributed by atoms with E-state index >= 15 is 0 Å². The number of carbonyl (C=O) groups is 2. The standard InChI is InChI=1S/C5H7N3O2/c1-5(2-6,7-3-9)8-4-10/h3-4H,1H3,(H,7,9)(H,8,10). The molecule has 0 heterocycles. The minimum atomic E-state index is -1.29. The van der Waals surface area contributed by atoms with Crippen LogP contribution in [0.2, 0.25) is 0 Å². The molecule has 0 unspecified atom stereocenters. The first-order valence-electron chi connectivity index (χ1n) is 2.52. The highest BCUT2D eigenvalue weighted by molar-refractivity contribution is 5.54. The molecular weight excluding hydrogens is 134 g/mol. The molecule has 0 aromatic carbocycles. The number of amides is 2. The zero-order chi connectivity index (χ0) is 8.04. The van der Waals surface area contributed by atoms with Crippen molar-refractivity contribution in [2.75, 3.05) is 0 Å². The average molecular weight is 141 g/mol. The second-order valence-electron chi connectivity index (χ2n) is 1.76. The molecule has 0 rings (SSSR count). The smallest absolute Gasteiger partial charge is 0.209 e. The highest BCUT2D eigenvalue weighted by Crippen LogP contribution is 1.90. The summed E-state index contributed by atoms with van der Waals surface area (Å²) in [4.78, 5) is 19.7. The molecule has 2 N–H and O–H groups in total. The lowest BCUT2D eigenvalue weighted by molar-refractivity contribution is -0.113. The Morgan fingerprint density at radius 2 is 1.80 bits per heavy atom. The number of hydrogen-bond donors (Lipinski definition) is 2. The molecule has 0 aromatic heterocycles. The van der Waals surface area contributed by atoms with Crippen LogP contribution in [0.5, 0.6) is 0 Å². The maximum Gasteiger partial charge on any atom is 0.209 e. The van der Waals surface area contributed by atoms with Crippen LogP contribution in [0.1, 0.15) is 6.92 Å². The van der Waals surface area contributed by atoms with Crippen LogP contribution < -0.4 is 10.6 Å². The summed E-state index contributed by atoms with van der Waals surface area (Å²) in [5.41, 5.74) is -1.29. The van der Waals surface area contributed by atoms with E-state index in [4.69, 9.17) is 5.26 Å². The number of nitrogens with one attached hydrogen (secondary N) is 2. The topological polar surface area (TPSA) is 82.0 Å². The van der Waals surface area contributed by atoms with Crippen molar-refractivity contribution in [1.29, 1.82) is 5.26 Å². The SMILES string of the molecule is CC(C#N)(NC=O)NC=O. The Bertz CT molecular complexity index is 162. The molecule has 2 amide bonds. The third-order valence-corrected chi connectivity index (χ3v) is 0.919. The number of nitriles is 1. The Balaban J connectivity index is 4.09. The largest absolute Gasteiger partial charge is 0.324 e. The lowest BCUT2D eigenvalue weighted by atomic mass is 10.2. The van der Waals surface area contributed by atoms with Crippen molar-refractivity contribution >= 4 is 12.8 Å². The van der Waals surface area contributed by atoms with Crippen LogP contribution in [-0.4, -0.2) is 18.5 Å². The summed E-state index contributed by atoms with van der Waals surface area (Å²) >= 11 is 0. The van der Waals surface area contributed by atoms with Gasteiger partial charge in [-0.25, -0.2) is 0 Å². The van der Waals surface area contributed by atoms with E-state index in [1.165, 1.54) is 6.92 Å². The number of nitrogens with zero attached hydrogens (tertiary/aromatic N) is 1. The van der Waals surface area contributed by atoms with Gasteiger partial charge in [0.2, 0.25) is 12.8 Å². The third kappa shape index (κ3) is 2.13. The Morgan fingerprint density at radius 1 is 1.40 bits per heavy atom. The molecular formula is C5H7N3O2. The summed E-state index contributed by atoms with van der Waals surface area (Å²) in [7, 11) is 0. The van der Waals surface area contributed by atoms with Gasteiger partial charge in [-0.1, -0.05) is 0 Å². The predicted octanol–water partition coefficient (Wildman–Crippen LogP) is -1.28. The molecule has 0 bridgehead atoms. The molecule has 0 saturated carbocycles. The molecule has 0 radical (unpaired) electrons. The molecule has 0 spiro atoms. The fraction of sp³-hybridized carbons (Fsp3) is 0.400. The first kappa shape index (κ1) is 8.43. The lowest BCUT2D eigenvalue weighted by Crippen LogP contribution is -2.52. The molecule has 0 fully saturated rings. The number of carbonyl (C=O) groups excluding carboxylic acids is 2. The van der Waals surface area contributed by atoms with Gasteiger partial charge in [0.25, 0.3) is 0 Å². The molecule has 0 aliphatic heterocycles. The summed E-state index contributed by atoms with van der Waals surface area (Å²) < 4.78 is 0. The Kier molecular flexibility index (Phi) is 2.91. The van der Waals surface area contributed by atoms with Crippen molar-refractivity contribution in [1.82, 2.24) is 10.6 Å². The average Bonchev–Trinajstić information content (AvgIpc) is 1.89. The van der Waals surface area contributed by atoms with Crippen LogP contribution in [0.3, 0.4) is 0 Å². The van der Waals surface area contributed by atoms with E-state index < -0.39 is 5.66 Å². The van der Waals surface area contributed by atoms with Crippen LogP contribution in [0, 0.1) is 11.3 Å². The van der Waals surface area contributed by atoms with E-state index in [1.807, 2.05) is 0 Å². The van der Waals surface area contributed by atoms with Gasteiger partial charge >= 0.3 is 0 Å². The molecule has 0 aliphatic rings. The quantitative estimate of drug-likeness (QED) is 0.378. The van der Waals surface area contributed by atoms with Crippen LogP contribution in [0.25, 0.3) is 0 Å². The van der Waals surface area contributed by atoms with Crippen molar-refractivity contribution in [2.45, 2.75) is 12.6 Å².